The van der Waals surface area contributed by atoms with Gasteiger partial charge in [-0.15, -0.1) is 11.8 Å². The van der Waals surface area contributed by atoms with Gasteiger partial charge < -0.3 is 59.6 Å². The minimum Gasteiger partial charge on any atom is -0.508 e. The fourth-order valence-electron chi connectivity index (χ4n) is 4.37. The zero-order chi connectivity index (χ0) is 41.9. The molecule has 8 N–H and O–H groups in total. The molecule has 1 saturated heterocycles. The number of ether oxygens (including phenoxy) is 5. The van der Waals surface area contributed by atoms with E-state index >= 15 is 0 Å². The molecule has 0 aliphatic carbocycles. The topological polar surface area (TPSA) is 303 Å². The average molecular weight is 755 g/mol. The van der Waals surface area contributed by atoms with Crippen molar-refractivity contribution in [3.8, 4) is 5.75 Å². The Labute approximate surface area is 300 Å². The molecule has 0 bridgehead atoms. The molecule has 20 nitrogen and oxygen atoms in total. The van der Waals surface area contributed by atoms with Gasteiger partial charge in [-0.05, 0) is 44.9 Å². The van der Waals surface area contributed by atoms with E-state index in [2.05, 4.69) is 20.3 Å². The van der Waals surface area contributed by atoms with E-state index in [-0.39, 0.29) is 23.9 Å². The van der Waals surface area contributed by atoms with Crippen LogP contribution in [0.5, 0.6) is 5.75 Å². The fraction of sp³-hybridized carbons (Fsp3) is 0.600. The third kappa shape index (κ3) is 11.0. The van der Waals surface area contributed by atoms with Gasteiger partial charge in [-0.2, -0.15) is 5.48 Å². The summed E-state index contributed by atoms with van der Waals surface area (Å²) in [4.78, 5) is 80.6. The number of phenols is 1. The molecule has 1 aliphatic rings. The SMILES string of the molecule is [2H]CC(=O)OC(O)[C@H]1OC(SC[C@H](NC(=O)[C@H](Cc2ccc(O)cc2)NOC(C)(C)C)C(=O)O)[C@@](O)(OC(=O)C[2H])[C@](O)(OC(=O)C[2H])[C@@]1(O)OC(=O)C[2H]. The van der Waals surface area contributed by atoms with E-state index in [9.17, 15) is 59.4 Å². The number of benzene rings is 1. The Kier molecular flexibility index (Phi) is 12.2. The van der Waals surface area contributed by atoms with Crippen molar-refractivity contribution in [1.82, 2.24) is 10.8 Å². The van der Waals surface area contributed by atoms with Gasteiger partial charge in [-0.25, -0.2) is 4.79 Å². The Morgan fingerprint density at radius 3 is 1.98 bits per heavy atom. The van der Waals surface area contributed by atoms with Crippen LogP contribution in [0.4, 0.5) is 0 Å². The summed E-state index contributed by atoms with van der Waals surface area (Å²) in [5, 5.41) is 68.0. The predicted molar refractivity (Wildman–Crippen MR) is 168 cm³/mol. The second-order valence-corrected chi connectivity index (χ2v) is 12.8. The van der Waals surface area contributed by atoms with Gasteiger partial charge in [0.25, 0.3) is 0 Å². The number of aliphatic hydroxyl groups excluding tert-OH is 1. The first-order valence-corrected chi connectivity index (χ1v) is 15.4. The maximum absolute atomic E-state index is 13.5. The van der Waals surface area contributed by atoms with Gasteiger partial charge in [0.05, 0.1) is 5.60 Å². The Hall–Kier alpha value is -4.09. The monoisotopic (exact) mass is 754 g/mol. The predicted octanol–water partition coefficient (Wildman–Crippen LogP) is -1.71. The van der Waals surface area contributed by atoms with Crippen LogP contribution < -0.4 is 10.8 Å². The molecule has 0 saturated carbocycles. The highest BCUT2D eigenvalue weighted by Crippen LogP contribution is 2.51. The quantitative estimate of drug-likeness (QED) is 0.0428. The molecule has 1 fully saturated rings. The van der Waals surface area contributed by atoms with Gasteiger partial charge in [-0.3, -0.25) is 28.8 Å². The second kappa shape index (κ2) is 17.0. The first kappa shape index (κ1) is 36.7. The number of aliphatic carboxylic acids is 1. The summed E-state index contributed by atoms with van der Waals surface area (Å²) in [7, 11) is 0. The van der Waals surface area contributed by atoms with Crippen molar-refractivity contribution in [2.24, 2.45) is 0 Å². The van der Waals surface area contributed by atoms with Crippen molar-refractivity contribution in [3.63, 3.8) is 0 Å². The normalized spacial score (nSPS) is 27.5. The molecule has 1 aromatic rings. The summed E-state index contributed by atoms with van der Waals surface area (Å²) < 4.78 is 53.2. The maximum Gasteiger partial charge on any atom is 0.350 e. The van der Waals surface area contributed by atoms with Crippen molar-refractivity contribution in [3.05, 3.63) is 29.8 Å². The first-order chi connectivity index (χ1) is 25.5. The number of hydroxylamine groups is 1. The van der Waals surface area contributed by atoms with E-state index < -0.39 is 122 Å². The summed E-state index contributed by atoms with van der Waals surface area (Å²) in [5.41, 5.74) is -0.457. The standard InChI is InChI=1S/C30H42N2O18S/c1-14(33)45-25(41)22-28(42,47-15(2)34)30(44,49-17(4)36)29(43,48-16(3)35)26(46-22)51-13-21(24(39)40)31-23(38)20(32-50-27(5,6)7)12-18-8-10-19(37)11-9-18/h8-11,20-22,25-26,32,37,41-44H,12-13H2,1-7H3,(H,31,38)(H,39,40)/t20-,21-,22+,25?,26?,28-,29+,30+/m0/s1/i1D,2D,3D,4D. The van der Waals surface area contributed by atoms with Crippen LogP contribution in [0, 0.1) is 0 Å². The van der Waals surface area contributed by atoms with E-state index in [0.717, 1.165) is 0 Å². The summed E-state index contributed by atoms with van der Waals surface area (Å²) >= 11 is 0.0172. The van der Waals surface area contributed by atoms with Crippen LogP contribution in [-0.2, 0) is 63.7 Å². The van der Waals surface area contributed by atoms with Crippen LogP contribution in [0.25, 0.3) is 0 Å². The summed E-state index contributed by atoms with van der Waals surface area (Å²) in [6.07, 6.45) is -5.98. The lowest BCUT2D eigenvalue weighted by atomic mass is 9.87. The van der Waals surface area contributed by atoms with Gasteiger partial charge >= 0.3 is 47.2 Å². The van der Waals surface area contributed by atoms with Crippen molar-refractivity contribution >= 4 is 47.5 Å². The van der Waals surface area contributed by atoms with Crippen LogP contribution in [-0.4, -0.2) is 125 Å². The van der Waals surface area contributed by atoms with E-state index in [4.69, 9.17) is 24.5 Å². The Morgan fingerprint density at radius 2 is 1.45 bits per heavy atom. The molecule has 0 aromatic heterocycles. The van der Waals surface area contributed by atoms with E-state index in [1.54, 1.807) is 20.8 Å². The fourth-order valence-corrected chi connectivity index (χ4v) is 5.60. The van der Waals surface area contributed by atoms with Crippen molar-refractivity contribution in [2.45, 2.75) is 108 Å². The zero-order valence-electron chi connectivity index (χ0n) is 31.4. The number of rotatable bonds is 15. The maximum atomic E-state index is 13.5. The molecule has 2 unspecified atom stereocenters. The lowest BCUT2D eigenvalue weighted by molar-refractivity contribution is -0.509. The number of carbonyl (C=O) groups is 6. The molecule has 2 rings (SSSR count). The van der Waals surface area contributed by atoms with Gasteiger partial charge in [0.2, 0.25) is 12.2 Å². The van der Waals surface area contributed by atoms with Crippen LogP contribution in [0.1, 0.15) is 59.4 Å². The molecule has 286 valence electrons. The van der Waals surface area contributed by atoms with Crippen molar-refractivity contribution in [2.75, 3.05) is 5.75 Å². The smallest absolute Gasteiger partial charge is 0.350 e. The number of amides is 1. The zero-order valence-corrected chi connectivity index (χ0v) is 28.2. The third-order valence-corrected chi connectivity index (χ3v) is 7.75. The number of phenolic OH excluding ortho intramolecular Hbond substituents is 1. The van der Waals surface area contributed by atoms with E-state index in [1.165, 1.54) is 24.3 Å². The highest BCUT2D eigenvalue weighted by molar-refractivity contribution is 7.99. The number of aliphatic hydroxyl groups is 4. The molecule has 0 radical (unpaired) electrons. The summed E-state index contributed by atoms with van der Waals surface area (Å²) in [5.74, 6) is -23.5. The Balaban J connectivity index is 2.66. The molecule has 21 heteroatoms. The number of hydrogen-bond donors (Lipinski definition) is 8. The number of carbonyl (C=O) groups excluding carboxylic acids is 5. The molecule has 1 aromatic carbocycles. The lowest BCUT2D eigenvalue weighted by Crippen LogP contribution is -2.83. The highest BCUT2D eigenvalue weighted by Gasteiger charge is 2.81. The summed E-state index contributed by atoms with van der Waals surface area (Å²) in [6, 6.07) is 2.31. The molecule has 1 aliphatic heterocycles. The first-order valence-electron chi connectivity index (χ1n) is 17.2. The number of esters is 4. The van der Waals surface area contributed by atoms with Gasteiger partial charge in [-0.1, -0.05) is 12.1 Å². The number of aromatic hydroxyl groups is 1. The third-order valence-electron chi connectivity index (χ3n) is 6.49. The van der Waals surface area contributed by atoms with Crippen LogP contribution in [0.2, 0.25) is 0 Å². The Bertz CT molecular complexity index is 1540. The molecular weight excluding hydrogens is 708 g/mol. The Morgan fingerprint density at radius 1 is 0.902 bits per heavy atom. The van der Waals surface area contributed by atoms with Crippen molar-refractivity contribution in [1.29, 1.82) is 0 Å². The van der Waals surface area contributed by atoms with E-state index in [0.29, 0.717) is 5.56 Å². The van der Waals surface area contributed by atoms with Crippen LogP contribution in [0.3, 0.4) is 0 Å². The molecular formula is C30H42N2O18S. The lowest BCUT2D eigenvalue weighted by Gasteiger charge is -2.56. The van der Waals surface area contributed by atoms with Crippen molar-refractivity contribution < 1.29 is 93.4 Å². The molecule has 51 heavy (non-hydrogen) atoms. The molecule has 1 heterocycles. The highest BCUT2D eigenvalue weighted by atomic mass is 32.2. The van der Waals surface area contributed by atoms with E-state index in [1.807, 2.05) is 0 Å². The number of thioether (sulfide) groups is 1. The number of carboxylic acids is 1. The molecule has 8 atom stereocenters. The number of hydrogen-bond acceptors (Lipinski definition) is 19. The average Bonchev–Trinajstić information content (AvgIpc) is 3.11. The van der Waals surface area contributed by atoms with Crippen LogP contribution in [0.15, 0.2) is 24.3 Å². The minimum atomic E-state index is -4.42. The summed E-state index contributed by atoms with van der Waals surface area (Å²) in [6.45, 7) is -0.424. The molecule has 0 spiro atoms. The largest absolute Gasteiger partial charge is 0.508 e. The van der Waals surface area contributed by atoms with Gasteiger partial charge in [0, 0.05) is 38.8 Å². The van der Waals surface area contributed by atoms with Crippen LogP contribution >= 0.6 is 11.8 Å². The number of carboxylic acid groups (broad SMARTS) is 1. The number of nitrogens with one attached hydrogen (secondary N) is 2. The second-order valence-electron chi connectivity index (χ2n) is 11.7. The van der Waals surface area contributed by atoms with Gasteiger partial charge in [0.1, 0.15) is 17.8 Å². The minimum absolute atomic E-state index is 0.0172. The molecule has 1 amide bonds. The van der Waals surface area contributed by atoms with Gasteiger partial charge in [0.15, 0.2) is 11.5 Å².